The van der Waals surface area contributed by atoms with Crippen molar-refractivity contribution in [1.29, 1.82) is 0 Å². The van der Waals surface area contributed by atoms with Crippen LogP contribution in [0.4, 0.5) is 0 Å². The normalized spacial score (nSPS) is 13.2. The Kier molecular flexibility index (Phi) is 5.77. The lowest BCUT2D eigenvalue weighted by Crippen LogP contribution is -2.14. The van der Waals surface area contributed by atoms with Crippen LogP contribution < -0.4 is 4.74 Å². The summed E-state index contributed by atoms with van der Waals surface area (Å²) < 4.78 is 5.51. The van der Waals surface area contributed by atoms with Crippen molar-refractivity contribution in [2.24, 2.45) is 0 Å². The number of methoxy groups -OCH3 is 1. The van der Waals surface area contributed by atoms with Gasteiger partial charge in [-0.2, -0.15) is 0 Å². The molecule has 0 atom stereocenters. The van der Waals surface area contributed by atoms with Gasteiger partial charge in [-0.15, -0.1) is 0 Å². The zero-order valence-corrected chi connectivity index (χ0v) is 24.7. The minimum absolute atomic E-state index is 0.0637. The molecule has 7 aromatic rings. The lowest BCUT2D eigenvalue weighted by molar-refractivity contribution is 0.415. The molecule has 1 nitrogen and oxygen atoms in total. The molecule has 43 heavy (non-hydrogen) atoms. The second-order valence-corrected chi connectivity index (χ2v) is 12.0. The Hall–Kier alpha value is -5.14. The van der Waals surface area contributed by atoms with Crippen LogP contribution in [0.25, 0.3) is 66.1 Å². The highest BCUT2D eigenvalue weighted by molar-refractivity contribution is 6.23. The molecule has 1 heteroatoms. The predicted octanol–water partition coefficient (Wildman–Crippen LogP) is 11.3. The van der Waals surface area contributed by atoms with Gasteiger partial charge in [0, 0.05) is 5.41 Å². The quantitative estimate of drug-likeness (QED) is 0.197. The molecule has 0 fully saturated rings. The lowest BCUT2D eigenvalue weighted by atomic mass is 9.80. The standard InChI is InChI=1S/C42H32O/c1-42(2)37-18-10-9-16-34(37)41-35(17-11-19-38(41)42)40-32-15-8-7-14-31(32)39(28-20-23-30(43-3)24-21-28)33-25-22-29(26-36(33)40)27-12-5-4-6-13-27/h4-26H,1-3H3. The molecule has 7 aromatic carbocycles. The van der Waals surface area contributed by atoms with Gasteiger partial charge < -0.3 is 4.74 Å². The molecule has 0 N–H and O–H groups in total. The number of ether oxygens (including phenoxy) is 1. The highest BCUT2D eigenvalue weighted by Crippen LogP contribution is 2.54. The van der Waals surface area contributed by atoms with Gasteiger partial charge in [0.25, 0.3) is 0 Å². The van der Waals surface area contributed by atoms with E-state index >= 15 is 0 Å². The van der Waals surface area contributed by atoms with E-state index in [1.54, 1.807) is 7.11 Å². The Morgan fingerprint density at radius 2 is 1.02 bits per heavy atom. The van der Waals surface area contributed by atoms with Crippen LogP contribution in [0, 0.1) is 0 Å². The maximum atomic E-state index is 5.51. The molecule has 0 aliphatic heterocycles. The third-order valence-corrected chi connectivity index (χ3v) is 9.39. The van der Waals surface area contributed by atoms with Crippen molar-refractivity contribution in [1.82, 2.24) is 0 Å². The zero-order valence-electron chi connectivity index (χ0n) is 24.7. The SMILES string of the molecule is COc1ccc(-c2c3ccccc3c(-c3cccc4c3-c3ccccc3C4(C)C)c3cc(-c4ccccc4)ccc23)cc1. The average Bonchev–Trinajstić information content (AvgIpc) is 3.30. The van der Waals surface area contributed by atoms with Crippen LogP contribution >= 0.6 is 0 Å². The van der Waals surface area contributed by atoms with Crippen molar-refractivity contribution >= 4 is 21.5 Å². The fourth-order valence-corrected chi connectivity index (χ4v) is 7.31. The lowest BCUT2D eigenvalue weighted by Gasteiger charge is -2.23. The second kappa shape index (κ2) is 9.71. The molecule has 0 bridgehead atoms. The van der Waals surface area contributed by atoms with Crippen LogP contribution in [0.15, 0.2) is 140 Å². The Bertz CT molecular complexity index is 2170. The summed E-state index contributed by atoms with van der Waals surface area (Å²) in [6, 6.07) is 51.0. The Morgan fingerprint density at radius 1 is 0.419 bits per heavy atom. The van der Waals surface area contributed by atoms with Crippen molar-refractivity contribution in [2.45, 2.75) is 19.3 Å². The largest absolute Gasteiger partial charge is 0.497 e. The molecule has 1 aliphatic rings. The van der Waals surface area contributed by atoms with Crippen molar-refractivity contribution in [2.75, 3.05) is 7.11 Å². The summed E-state index contributed by atoms with van der Waals surface area (Å²) in [5.74, 6) is 0.862. The first-order valence-electron chi connectivity index (χ1n) is 15.0. The van der Waals surface area contributed by atoms with Gasteiger partial charge in [0.15, 0.2) is 0 Å². The van der Waals surface area contributed by atoms with Crippen LogP contribution in [0.1, 0.15) is 25.0 Å². The van der Waals surface area contributed by atoms with Gasteiger partial charge in [-0.3, -0.25) is 0 Å². The maximum Gasteiger partial charge on any atom is 0.118 e. The van der Waals surface area contributed by atoms with Crippen LogP contribution in [0.2, 0.25) is 0 Å². The first-order valence-corrected chi connectivity index (χ1v) is 15.0. The van der Waals surface area contributed by atoms with Gasteiger partial charge in [0.1, 0.15) is 5.75 Å². The summed E-state index contributed by atoms with van der Waals surface area (Å²) in [6.45, 7) is 4.72. The molecule has 0 amide bonds. The van der Waals surface area contributed by atoms with E-state index in [-0.39, 0.29) is 5.41 Å². The van der Waals surface area contributed by atoms with E-state index in [0.717, 1.165) is 5.75 Å². The van der Waals surface area contributed by atoms with Gasteiger partial charge in [0.05, 0.1) is 7.11 Å². The van der Waals surface area contributed by atoms with Crippen molar-refractivity contribution in [3.05, 3.63) is 151 Å². The maximum absolute atomic E-state index is 5.51. The predicted molar refractivity (Wildman–Crippen MR) is 182 cm³/mol. The van der Waals surface area contributed by atoms with Crippen LogP contribution in [-0.4, -0.2) is 7.11 Å². The average molecular weight is 553 g/mol. The fourth-order valence-electron chi connectivity index (χ4n) is 7.31. The van der Waals surface area contributed by atoms with E-state index < -0.39 is 0 Å². The third-order valence-electron chi connectivity index (χ3n) is 9.39. The molecule has 1 aliphatic carbocycles. The number of rotatable bonds is 4. The molecule has 0 spiro atoms. The molecular formula is C42H32O. The number of fused-ring (bicyclic) bond motifs is 5. The summed E-state index contributed by atoms with van der Waals surface area (Å²) in [6.07, 6.45) is 0. The second-order valence-electron chi connectivity index (χ2n) is 12.0. The van der Waals surface area contributed by atoms with Gasteiger partial charge in [0.2, 0.25) is 0 Å². The number of benzene rings is 7. The van der Waals surface area contributed by atoms with Gasteiger partial charge in [-0.05, 0) is 95.4 Å². The Morgan fingerprint density at radius 3 is 1.79 bits per heavy atom. The molecular weight excluding hydrogens is 520 g/mol. The summed E-state index contributed by atoms with van der Waals surface area (Å²) >= 11 is 0. The molecule has 0 saturated carbocycles. The van der Waals surface area contributed by atoms with E-state index in [2.05, 4.69) is 153 Å². The topological polar surface area (TPSA) is 9.23 Å². The van der Waals surface area contributed by atoms with E-state index in [1.165, 1.54) is 77.2 Å². The first kappa shape index (κ1) is 25.6. The summed E-state index contributed by atoms with van der Waals surface area (Å²) in [5, 5.41) is 5.04. The van der Waals surface area contributed by atoms with Gasteiger partial charge >= 0.3 is 0 Å². The highest BCUT2D eigenvalue weighted by Gasteiger charge is 2.37. The van der Waals surface area contributed by atoms with Crippen molar-refractivity contribution < 1.29 is 4.74 Å². The Labute approximate surface area is 253 Å². The first-order chi connectivity index (χ1) is 21.1. The molecule has 0 radical (unpaired) electrons. The highest BCUT2D eigenvalue weighted by atomic mass is 16.5. The minimum atomic E-state index is -0.0637. The smallest absolute Gasteiger partial charge is 0.118 e. The molecule has 0 unspecified atom stereocenters. The Balaban J connectivity index is 1.54. The van der Waals surface area contributed by atoms with Crippen molar-refractivity contribution in [3.63, 3.8) is 0 Å². The van der Waals surface area contributed by atoms with E-state index in [9.17, 15) is 0 Å². The summed E-state index contributed by atoms with van der Waals surface area (Å²) in [5.41, 5.74) is 12.9. The van der Waals surface area contributed by atoms with E-state index in [0.29, 0.717) is 0 Å². The molecule has 8 rings (SSSR count). The fraction of sp³-hybridized carbons (Fsp3) is 0.0952. The zero-order chi connectivity index (χ0) is 29.1. The summed E-state index contributed by atoms with van der Waals surface area (Å²) in [4.78, 5) is 0. The van der Waals surface area contributed by atoms with Crippen LogP contribution in [0.5, 0.6) is 5.75 Å². The number of hydrogen-bond acceptors (Lipinski definition) is 1. The number of hydrogen-bond donors (Lipinski definition) is 0. The van der Waals surface area contributed by atoms with Crippen molar-refractivity contribution in [3.8, 4) is 50.3 Å². The molecule has 0 saturated heterocycles. The summed E-state index contributed by atoms with van der Waals surface area (Å²) in [7, 11) is 1.72. The molecule has 206 valence electrons. The van der Waals surface area contributed by atoms with E-state index in [4.69, 9.17) is 4.74 Å². The third kappa shape index (κ3) is 3.85. The molecule has 0 aromatic heterocycles. The minimum Gasteiger partial charge on any atom is -0.497 e. The van der Waals surface area contributed by atoms with Gasteiger partial charge in [-0.1, -0.05) is 135 Å². The molecule has 0 heterocycles. The van der Waals surface area contributed by atoms with Gasteiger partial charge in [-0.25, -0.2) is 0 Å². The van der Waals surface area contributed by atoms with Crippen LogP contribution in [-0.2, 0) is 5.41 Å². The van der Waals surface area contributed by atoms with E-state index in [1.807, 2.05) is 0 Å². The van der Waals surface area contributed by atoms with Crippen LogP contribution in [0.3, 0.4) is 0 Å². The monoisotopic (exact) mass is 552 g/mol.